The van der Waals surface area contributed by atoms with E-state index in [0.717, 1.165) is 6.20 Å². The Morgan fingerprint density at radius 2 is 2.25 bits per heavy atom. The highest BCUT2D eigenvalue weighted by atomic mass is 35.5. The van der Waals surface area contributed by atoms with E-state index in [4.69, 9.17) is 22.0 Å². The van der Waals surface area contributed by atoms with Crippen LogP contribution >= 0.6 is 11.6 Å². The summed E-state index contributed by atoms with van der Waals surface area (Å²) in [7, 11) is 0. The maximum absolute atomic E-state index is 11.3. The van der Waals surface area contributed by atoms with Crippen LogP contribution in [0.25, 0.3) is 0 Å². The van der Waals surface area contributed by atoms with Gasteiger partial charge in [-0.15, -0.1) is 11.6 Å². The summed E-state index contributed by atoms with van der Waals surface area (Å²) in [4.78, 5) is 21.7. The van der Waals surface area contributed by atoms with Crippen molar-refractivity contribution in [1.82, 2.24) is 10.6 Å². The van der Waals surface area contributed by atoms with E-state index >= 15 is 0 Å². The van der Waals surface area contributed by atoms with Crippen molar-refractivity contribution in [1.29, 1.82) is 5.26 Å². The Bertz CT molecular complexity index is 335. The molecule has 0 rings (SSSR count). The number of nitrogens with zero attached hydrogens (tertiary/aromatic N) is 1. The molecule has 0 aliphatic carbocycles. The molecule has 88 valence electrons. The van der Waals surface area contributed by atoms with Gasteiger partial charge in [-0.25, -0.2) is 0 Å². The van der Waals surface area contributed by atoms with E-state index in [-0.39, 0.29) is 18.0 Å². The third kappa shape index (κ3) is 5.22. The summed E-state index contributed by atoms with van der Waals surface area (Å²) in [5.41, 5.74) is -0.196. The van der Waals surface area contributed by atoms with Gasteiger partial charge in [0.25, 0.3) is 5.91 Å². The van der Waals surface area contributed by atoms with E-state index in [2.05, 4.69) is 10.6 Å². The maximum atomic E-state index is 11.3. The van der Waals surface area contributed by atoms with E-state index in [9.17, 15) is 9.59 Å². The van der Waals surface area contributed by atoms with Crippen molar-refractivity contribution in [2.45, 2.75) is 13.0 Å². The Kier molecular flexibility index (Phi) is 6.72. The lowest BCUT2D eigenvalue weighted by atomic mass is 10.3. The van der Waals surface area contributed by atoms with Crippen LogP contribution in [0.1, 0.15) is 6.92 Å². The van der Waals surface area contributed by atoms with Crippen LogP contribution < -0.4 is 10.6 Å². The quantitative estimate of drug-likeness (QED) is 0.342. The summed E-state index contributed by atoms with van der Waals surface area (Å²) < 4.78 is 0. The van der Waals surface area contributed by atoms with E-state index in [1.165, 1.54) is 6.92 Å². The zero-order valence-electron chi connectivity index (χ0n) is 8.66. The fourth-order valence-corrected chi connectivity index (χ4v) is 0.779. The van der Waals surface area contributed by atoms with Gasteiger partial charge in [0.2, 0.25) is 0 Å². The number of carbonyl (C=O) groups excluding carboxylic acids is 1. The molecule has 0 heterocycles. The number of halogens is 1. The Morgan fingerprint density at radius 1 is 1.62 bits per heavy atom. The minimum absolute atomic E-state index is 0.196. The van der Waals surface area contributed by atoms with Crippen LogP contribution in [0.2, 0.25) is 0 Å². The fourth-order valence-electron chi connectivity index (χ4n) is 0.684. The molecule has 16 heavy (non-hydrogen) atoms. The van der Waals surface area contributed by atoms with Crippen molar-refractivity contribution in [3.8, 4) is 6.07 Å². The smallest absolute Gasteiger partial charge is 0.325 e. The van der Waals surface area contributed by atoms with Gasteiger partial charge in [-0.1, -0.05) is 0 Å². The number of rotatable bonds is 6. The monoisotopic (exact) mass is 245 g/mol. The van der Waals surface area contributed by atoms with Gasteiger partial charge in [0, 0.05) is 18.6 Å². The number of alkyl halides is 1. The van der Waals surface area contributed by atoms with E-state index in [0.29, 0.717) is 0 Å². The molecule has 0 saturated carbocycles. The number of carboxylic acids is 1. The van der Waals surface area contributed by atoms with E-state index in [1.807, 2.05) is 0 Å². The molecule has 0 aromatic heterocycles. The molecule has 0 aromatic rings. The summed E-state index contributed by atoms with van der Waals surface area (Å²) in [6.07, 6.45) is 1.07. The number of carbonyl (C=O) groups is 2. The summed E-state index contributed by atoms with van der Waals surface area (Å²) >= 11 is 5.35. The van der Waals surface area contributed by atoms with Crippen LogP contribution in [0.5, 0.6) is 0 Å². The van der Waals surface area contributed by atoms with Crippen LogP contribution in [0.15, 0.2) is 11.8 Å². The molecule has 1 atom stereocenters. The van der Waals surface area contributed by atoms with Gasteiger partial charge in [-0.2, -0.15) is 5.26 Å². The number of hydrogen-bond acceptors (Lipinski definition) is 4. The van der Waals surface area contributed by atoms with E-state index < -0.39 is 17.9 Å². The molecule has 0 aromatic carbocycles. The molecular weight excluding hydrogens is 234 g/mol. The third-order valence-corrected chi connectivity index (χ3v) is 1.78. The van der Waals surface area contributed by atoms with Gasteiger partial charge in [0.1, 0.15) is 17.7 Å². The minimum Gasteiger partial charge on any atom is -0.480 e. The predicted molar refractivity (Wildman–Crippen MR) is 57.7 cm³/mol. The molecule has 0 aliphatic rings. The number of aliphatic carboxylic acids is 1. The zero-order chi connectivity index (χ0) is 12.6. The Balaban J connectivity index is 4.38. The van der Waals surface area contributed by atoms with Crippen molar-refractivity contribution in [3.05, 3.63) is 11.8 Å². The number of nitrogens with one attached hydrogen (secondary N) is 2. The lowest BCUT2D eigenvalue weighted by Gasteiger charge is -2.06. The SMILES string of the molecule is CC(N/C=C(/C#N)C(=O)NCCCl)C(=O)O. The summed E-state index contributed by atoms with van der Waals surface area (Å²) in [5, 5.41) is 22.0. The molecule has 3 N–H and O–H groups in total. The van der Waals surface area contributed by atoms with Gasteiger partial charge in [-0.3, -0.25) is 9.59 Å². The first-order valence-corrected chi connectivity index (χ1v) is 4.99. The van der Waals surface area contributed by atoms with E-state index in [1.54, 1.807) is 6.07 Å². The number of hydrogen-bond donors (Lipinski definition) is 3. The van der Waals surface area contributed by atoms with Crippen molar-refractivity contribution in [3.63, 3.8) is 0 Å². The van der Waals surface area contributed by atoms with Crippen LogP contribution in [-0.2, 0) is 9.59 Å². The Hall–Kier alpha value is -1.74. The highest BCUT2D eigenvalue weighted by Crippen LogP contribution is 1.92. The van der Waals surface area contributed by atoms with Crippen LogP contribution in [0.4, 0.5) is 0 Å². The van der Waals surface area contributed by atoms with Gasteiger partial charge in [-0.05, 0) is 6.92 Å². The highest BCUT2D eigenvalue weighted by molar-refractivity contribution is 6.18. The molecule has 0 spiro atoms. The summed E-state index contributed by atoms with van der Waals surface area (Å²) in [6, 6.07) is 0.784. The van der Waals surface area contributed by atoms with Crippen LogP contribution in [0, 0.1) is 11.3 Å². The average molecular weight is 246 g/mol. The van der Waals surface area contributed by atoms with Crippen LogP contribution in [0.3, 0.4) is 0 Å². The molecule has 0 aliphatic heterocycles. The van der Waals surface area contributed by atoms with Gasteiger partial charge < -0.3 is 15.7 Å². The molecule has 1 amide bonds. The normalized spacial score (nSPS) is 12.4. The zero-order valence-corrected chi connectivity index (χ0v) is 9.41. The second-order valence-corrected chi connectivity index (χ2v) is 3.22. The molecule has 1 unspecified atom stereocenters. The molecular formula is C9H12ClN3O3. The van der Waals surface area contributed by atoms with Crippen molar-refractivity contribution >= 4 is 23.5 Å². The van der Waals surface area contributed by atoms with Crippen molar-refractivity contribution < 1.29 is 14.7 Å². The van der Waals surface area contributed by atoms with Gasteiger partial charge >= 0.3 is 5.97 Å². The minimum atomic E-state index is -1.07. The first kappa shape index (κ1) is 14.3. The van der Waals surface area contributed by atoms with Crippen molar-refractivity contribution in [2.24, 2.45) is 0 Å². The first-order valence-electron chi connectivity index (χ1n) is 4.46. The third-order valence-electron chi connectivity index (χ3n) is 1.59. The lowest BCUT2D eigenvalue weighted by molar-refractivity contribution is -0.138. The molecule has 0 fully saturated rings. The largest absolute Gasteiger partial charge is 0.480 e. The van der Waals surface area contributed by atoms with Gasteiger partial charge in [0.15, 0.2) is 0 Å². The molecule has 0 bridgehead atoms. The summed E-state index contributed by atoms with van der Waals surface area (Å²) in [5.74, 6) is -1.42. The number of carboxylic acid groups (broad SMARTS) is 1. The Labute approximate surface area is 97.9 Å². The Morgan fingerprint density at radius 3 is 2.69 bits per heavy atom. The lowest BCUT2D eigenvalue weighted by Crippen LogP contribution is -2.32. The molecule has 0 radical (unpaired) electrons. The molecule has 6 nitrogen and oxygen atoms in total. The fraction of sp³-hybridized carbons (Fsp3) is 0.444. The predicted octanol–water partition coefficient (Wildman–Crippen LogP) is -0.188. The average Bonchev–Trinajstić information content (AvgIpc) is 2.26. The second-order valence-electron chi connectivity index (χ2n) is 2.84. The standard InChI is InChI=1S/C9H12ClN3O3/c1-6(9(15)16)13-5-7(4-11)8(14)12-3-2-10/h5-6,13H,2-3H2,1H3,(H,12,14)(H,15,16)/b7-5-. The van der Waals surface area contributed by atoms with Gasteiger partial charge in [0.05, 0.1) is 0 Å². The molecule has 0 saturated heterocycles. The number of nitriles is 1. The summed E-state index contributed by atoms with van der Waals surface area (Å²) in [6.45, 7) is 1.64. The molecule has 7 heteroatoms. The van der Waals surface area contributed by atoms with Crippen LogP contribution in [-0.4, -0.2) is 35.4 Å². The van der Waals surface area contributed by atoms with Crippen molar-refractivity contribution in [2.75, 3.05) is 12.4 Å². The second kappa shape index (κ2) is 7.54. The first-order chi connectivity index (χ1) is 7.52. The number of amides is 1. The maximum Gasteiger partial charge on any atom is 0.325 e. The highest BCUT2D eigenvalue weighted by Gasteiger charge is 2.11. The topological polar surface area (TPSA) is 102 Å².